The van der Waals surface area contributed by atoms with Gasteiger partial charge in [-0.1, -0.05) is 29.3 Å². The van der Waals surface area contributed by atoms with Gasteiger partial charge >= 0.3 is 5.97 Å². The quantitative estimate of drug-likeness (QED) is 0.829. The van der Waals surface area contributed by atoms with Crippen LogP contribution in [0.3, 0.4) is 0 Å². The summed E-state index contributed by atoms with van der Waals surface area (Å²) in [5, 5.41) is 2.54. The molecule has 0 heterocycles. The highest BCUT2D eigenvalue weighted by atomic mass is 16.5. The zero-order chi connectivity index (χ0) is 17.5. The minimum atomic E-state index is -0.476. The Kier molecular flexibility index (Phi) is 5.95. The Labute approximate surface area is 141 Å². The Hall–Kier alpha value is -2.82. The largest absolute Gasteiger partial charge is 0.497 e. The van der Waals surface area contributed by atoms with Crippen molar-refractivity contribution >= 4 is 11.9 Å². The summed E-state index contributed by atoms with van der Waals surface area (Å²) in [4.78, 5) is 23.7. The van der Waals surface area contributed by atoms with Gasteiger partial charge in [0.1, 0.15) is 18.9 Å². The fourth-order valence-electron chi connectivity index (χ4n) is 2.36. The molecule has 0 bridgehead atoms. The number of methoxy groups -OCH3 is 1. The van der Waals surface area contributed by atoms with E-state index < -0.39 is 5.97 Å². The maximum Gasteiger partial charge on any atom is 0.325 e. The molecule has 0 atom stereocenters. The Balaban J connectivity index is 1.80. The Morgan fingerprint density at radius 1 is 1.00 bits per heavy atom. The van der Waals surface area contributed by atoms with Crippen molar-refractivity contribution in [2.75, 3.05) is 13.7 Å². The molecular formula is C19H21NO4. The lowest BCUT2D eigenvalue weighted by atomic mass is 10.1. The molecule has 2 aromatic carbocycles. The number of hydrogen-bond acceptors (Lipinski definition) is 4. The number of hydrogen-bond donors (Lipinski definition) is 1. The summed E-state index contributed by atoms with van der Waals surface area (Å²) in [6.07, 6.45) is 0. The van der Waals surface area contributed by atoms with Crippen molar-refractivity contribution in [1.29, 1.82) is 0 Å². The lowest BCUT2D eigenvalue weighted by molar-refractivity contribution is -0.143. The average Bonchev–Trinajstić information content (AvgIpc) is 2.57. The number of ether oxygens (including phenoxy) is 2. The summed E-state index contributed by atoms with van der Waals surface area (Å²) in [5.41, 5.74) is 3.63. The van der Waals surface area contributed by atoms with Gasteiger partial charge in [-0.2, -0.15) is 0 Å². The standard InChI is InChI=1S/C19H21NO4/c1-13-8-14(2)10-15(9-13)12-24-18(21)11-20-19(22)16-4-6-17(23-3)7-5-16/h4-10H,11-12H2,1-3H3,(H,20,22). The van der Waals surface area contributed by atoms with Gasteiger partial charge in [0.05, 0.1) is 7.11 Å². The minimum absolute atomic E-state index is 0.171. The zero-order valence-electron chi connectivity index (χ0n) is 14.1. The van der Waals surface area contributed by atoms with Crippen molar-refractivity contribution in [3.63, 3.8) is 0 Å². The lowest BCUT2D eigenvalue weighted by Gasteiger charge is -2.08. The molecule has 1 amide bonds. The van der Waals surface area contributed by atoms with Crippen LogP contribution in [0.15, 0.2) is 42.5 Å². The van der Waals surface area contributed by atoms with E-state index in [2.05, 4.69) is 11.4 Å². The summed E-state index contributed by atoms with van der Waals surface area (Å²) in [6, 6.07) is 12.6. The number of carbonyl (C=O) groups is 2. The summed E-state index contributed by atoms with van der Waals surface area (Å²) < 4.78 is 10.2. The minimum Gasteiger partial charge on any atom is -0.497 e. The van der Waals surface area contributed by atoms with E-state index in [0.717, 1.165) is 16.7 Å². The van der Waals surface area contributed by atoms with Crippen LogP contribution in [-0.4, -0.2) is 25.5 Å². The molecule has 0 fully saturated rings. The van der Waals surface area contributed by atoms with Crippen molar-refractivity contribution in [2.45, 2.75) is 20.5 Å². The predicted octanol–water partition coefficient (Wildman–Crippen LogP) is 2.79. The van der Waals surface area contributed by atoms with E-state index in [-0.39, 0.29) is 19.1 Å². The second kappa shape index (κ2) is 8.15. The highest BCUT2D eigenvalue weighted by Crippen LogP contribution is 2.11. The highest BCUT2D eigenvalue weighted by molar-refractivity contribution is 5.96. The van der Waals surface area contributed by atoms with Gasteiger partial charge in [-0.15, -0.1) is 0 Å². The lowest BCUT2D eigenvalue weighted by Crippen LogP contribution is -2.30. The van der Waals surface area contributed by atoms with E-state index in [9.17, 15) is 9.59 Å². The van der Waals surface area contributed by atoms with Gasteiger partial charge in [-0.3, -0.25) is 9.59 Å². The van der Waals surface area contributed by atoms with Gasteiger partial charge in [0, 0.05) is 5.56 Å². The number of esters is 1. The summed E-state index contributed by atoms with van der Waals surface area (Å²) in [7, 11) is 1.56. The highest BCUT2D eigenvalue weighted by Gasteiger charge is 2.09. The van der Waals surface area contributed by atoms with Gasteiger partial charge in [-0.25, -0.2) is 0 Å². The Bertz CT molecular complexity index is 702. The van der Waals surface area contributed by atoms with E-state index >= 15 is 0 Å². The van der Waals surface area contributed by atoms with Crippen molar-refractivity contribution in [2.24, 2.45) is 0 Å². The molecule has 0 aliphatic heterocycles. The first kappa shape index (κ1) is 17.5. The molecule has 0 spiro atoms. The van der Waals surface area contributed by atoms with Crippen LogP contribution in [0.5, 0.6) is 5.75 Å². The first-order valence-electron chi connectivity index (χ1n) is 7.63. The van der Waals surface area contributed by atoms with Gasteiger partial charge in [0.25, 0.3) is 5.91 Å². The molecule has 0 saturated heterocycles. The number of carbonyl (C=O) groups excluding carboxylic acids is 2. The Morgan fingerprint density at radius 3 is 2.21 bits per heavy atom. The van der Waals surface area contributed by atoms with Gasteiger partial charge in [0.2, 0.25) is 0 Å². The van der Waals surface area contributed by atoms with E-state index in [1.807, 2.05) is 26.0 Å². The molecule has 0 aliphatic carbocycles. The van der Waals surface area contributed by atoms with Crippen molar-refractivity contribution in [3.05, 3.63) is 64.7 Å². The number of nitrogens with one attached hydrogen (secondary N) is 1. The average molecular weight is 327 g/mol. The first-order valence-corrected chi connectivity index (χ1v) is 7.63. The molecule has 2 aromatic rings. The molecule has 0 aliphatic rings. The summed E-state index contributed by atoms with van der Waals surface area (Å²) in [5.74, 6) is -0.142. The summed E-state index contributed by atoms with van der Waals surface area (Å²) in [6.45, 7) is 4.01. The molecular weight excluding hydrogens is 306 g/mol. The fourth-order valence-corrected chi connectivity index (χ4v) is 2.36. The molecule has 5 nitrogen and oxygen atoms in total. The molecule has 0 unspecified atom stereocenters. The van der Waals surface area contributed by atoms with Crippen LogP contribution in [0.25, 0.3) is 0 Å². The predicted molar refractivity (Wildman–Crippen MR) is 91.0 cm³/mol. The Morgan fingerprint density at radius 2 is 1.62 bits per heavy atom. The fraction of sp³-hybridized carbons (Fsp3) is 0.263. The van der Waals surface area contributed by atoms with Crippen LogP contribution in [-0.2, 0) is 16.1 Å². The summed E-state index contributed by atoms with van der Waals surface area (Å²) >= 11 is 0. The van der Waals surface area contributed by atoms with Crippen molar-refractivity contribution in [3.8, 4) is 5.75 Å². The second-order valence-electron chi connectivity index (χ2n) is 5.57. The van der Waals surface area contributed by atoms with E-state index in [1.54, 1.807) is 31.4 Å². The molecule has 24 heavy (non-hydrogen) atoms. The number of benzene rings is 2. The zero-order valence-corrected chi connectivity index (χ0v) is 14.1. The first-order chi connectivity index (χ1) is 11.5. The second-order valence-corrected chi connectivity index (χ2v) is 5.57. The van der Waals surface area contributed by atoms with Crippen LogP contribution in [0.4, 0.5) is 0 Å². The van der Waals surface area contributed by atoms with E-state index in [1.165, 1.54) is 0 Å². The normalized spacial score (nSPS) is 10.1. The van der Waals surface area contributed by atoms with Crippen LogP contribution in [0.2, 0.25) is 0 Å². The molecule has 126 valence electrons. The van der Waals surface area contributed by atoms with Crippen LogP contribution in [0, 0.1) is 13.8 Å². The number of rotatable bonds is 6. The van der Waals surface area contributed by atoms with Crippen LogP contribution in [0.1, 0.15) is 27.0 Å². The van der Waals surface area contributed by atoms with Crippen LogP contribution >= 0.6 is 0 Å². The topological polar surface area (TPSA) is 64.6 Å². The third-order valence-corrected chi connectivity index (χ3v) is 3.43. The molecule has 0 radical (unpaired) electrons. The van der Waals surface area contributed by atoms with Crippen molar-refractivity contribution in [1.82, 2.24) is 5.32 Å². The van der Waals surface area contributed by atoms with E-state index in [4.69, 9.17) is 9.47 Å². The van der Waals surface area contributed by atoms with Gasteiger partial charge in [-0.05, 0) is 43.7 Å². The number of aryl methyl sites for hydroxylation is 2. The maximum absolute atomic E-state index is 12.0. The van der Waals surface area contributed by atoms with Gasteiger partial charge in [0.15, 0.2) is 0 Å². The monoisotopic (exact) mass is 327 g/mol. The number of amides is 1. The molecule has 0 aromatic heterocycles. The maximum atomic E-state index is 12.0. The third kappa shape index (κ3) is 5.12. The molecule has 1 N–H and O–H groups in total. The SMILES string of the molecule is COc1ccc(C(=O)NCC(=O)OCc2cc(C)cc(C)c2)cc1. The van der Waals surface area contributed by atoms with E-state index in [0.29, 0.717) is 11.3 Å². The molecule has 2 rings (SSSR count). The van der Waals surface area contributed by atoms with Crippen molar-refractivity contribution < 1.29 is 19.1 Å². The molecule has 5 heteroatoms. The van der Waals surface area contributed by atoms with Crippen LogP contribution < -0.4 is 10.1 Å². The van der Waals surface area contributed by atoms with Gasteiger partial charge < -0.3 is 14.8 Å². The smallest absolute Gasteiger partial charge is 0.325 e. The molecule has 0 saturated carbocycles. The third-order valence-electron chi connectivity index (χ3n) is 3.43.